The normalized spacial score (nSPS) is 20.6. The van der Waals surface area contributed by atoms with Crippen molar-refractivity contribution < 1.29 is 9.53 Å². The zero-order valence-corrected chi connectivity index (χ0v) is 22.9. The number of carbonyl (C=O) groups excluding carboxylic acids is 1. The van der Waals surface area contributed by atoms with Crippen molar-refractivity contribution in [1.82, 2.24) is 34.5 Å². The number of ether oxygens (including phenoxy) is 1. The SMILES string of the molecule is CC(=O)N1[C@H](C)CN(c2cc(C)cc(-c3cc(-c4cnnn4C4CCOCC4)c4c(N)ncnn34)c2)C[C@@H]1C. The molecule has 1 amide bonds. The second kappa shape index (κ2) is 9.96. The highest BCUT2D eigenvalue weighted by molar-refractivity contribution is 5.91. The lowest BCUT2D eigenvalue weighted by Crippen LogP contribution is -2.58. The Kier molecular flexibility index (Phi) is 6.46. The number of amides is 1. The van der Waals surface area contributed by atoms with Crippen LogP contribution in [0.4, 0.5) is 11.5 Å². The van der Waals surface area contributed by atoms with Gasteiger partial charge < -0.3 is 20.3 Å². The molecule has 6 rings (SSSR count). The lowest BCUT2D eigenvalue weighted by atomic mass is 10.0. The minimum Gasteiger partial charge on any atom is -0.382 e. The van der Waals surface area contributed by atoms with E-state index in [2.05, 4.69) is 70.3 Å². The number of carbonyl (C=O) groups is 1. The first-order valence-electron chi connectivity index (χ1n) is 13.6. The summed E-state index contributed by atoms with van der Waals surface area (Å²) in [6, 6.07) is 9.16. The molecule has 2 N–H and O–H groups in total. The molecule has 1 aromatic carbocycles. The molecule has 2 aliphatic rings. The van der Waals surface area contributed by atoms with E-state index in [1.807, 2.05) is 14.1 Å². The predicted octanol–water partition coefficient (Wildman–Crippen LogP) is 3.34. The standard InChI is InChI=1S/C28H35N9O2/c1-17-9-21(11-23(10-17)34-14-18(2)35(20(4)38)19(3)15-34)25-12-24(27-28(29)30-16-32-37(25)27)26-13-31-33-36(26)22-5-7-39-8-6-22/h9-13,16,18-19,22H,5-8,14-15H2,1-4H3,(H2,29,30,32)/t18-,19+. The molecule has 39 heavy (non-hydrogen) atoms. The van der Waals surface area contributed by atoms with E-state index in [1.54, 1.807) is 13.1 Å². The number of hydrogen-bond acceptors (Lipinski definition) is 8. The number of piperazine rings is 1. The fraction of sp³-hybridized carbons (Fsp3) is 0.464. The highest BCUT2D eigenvalue weighted by Gasteiger charge is 2.31. The second-order valence-electron chi connectivity index (χ2n) is 10.8. The Labute approximate surface area is 227 Å². The Balaban J connectivity index is 1.44. The number of benzene rings is 1. The van der Waals surface area contributed by atoms with Crippen molar-refractivity contribution in [2.45, 2.75) is 58.7 Å². The van der Waals surface area contributed by atoms with Crippen LogP contribution in [0, 0.1) is 6.92 Å². The third-order valence-corrected chi connectivity index (χ3v) is 7.98. The fourth-order valence-electron chi connectivity index (χ4n) is 6.35. The number of rotatable bonds is 4. The predicted molar refractivity (Wildman–Crippen MR) is 149 cm³/mol. The minimum absolute atomic E-state index is 0.124. The molecule has 0 unspecified atom stereocenters. The topological polar surface area (TPSA) is 120 Å². The maximum Gasteiger partial charge on any atom is 0.220 e. The first kappa shape index (κ1) is 25.3. The monoisotopic (exact) mass is 529 g/mol. The van der Waals surface area contributed by atoms with Gasteiger partial charge in [-0.15, -0.1) is 5.10 Å². The Morgan fingerprint density at radius 2 is 1.79 bits per heavy atom. The van der Waals surface area contributed by atoms with Crippen LogP contribution in [0.15, 0.2) is 36.8 Å². The molecule has 0 spiro atoms. The van der Waals surface area contributed by atoms with Crippen LogP contribution in [0.1, 0.15) is 45.2 Å². The van der Waals surface area contributed by atoms with Crippen LogP contribution in [0.25, 0.3) is 28.0 Å². The molecule has 0 saturated carbocycles. The van der Waals surface area contributed by atoms with E-state index in [9.17, 15) is 4.79 Å². The average molecular weight is 530 g/mol. The van der Waals surface area contributed by atoms with Crippen molar-refractivity contribution in [3.8, 4) is 22.5 Å². The molecule has 0 aliphatic carbocycles. The zero-order valence-electron chi connectivity index (χ0n) is 22.9. The minimum atomic E-state index is 0.124. The van der Waals surface area contributed by atoms with Crippen molar-refractivity contribution in [2.75, 3.05) is 36.9 Å². The molecule has 3 aromatic heterocycles. The number of aromatic nitrogens is 6. The summed E-state index contributed by atoms with van der Waals surface area (Å²) in [5.41, 5.74) is 13.2. The molecule has 2 fully saturated rings. The molecule has 2 saturated heterocycles. The Morgan fingerprint density at radius 3 is 2.51 bits per heavy atom. The largest absolute Gasteiger partial charge is 0.382 e. The van der Waals surface area contributed by atoms with Crippen molar-refractivity contribution in [1.29, 1.82) is 0 Å². The number of fused-ring (bicyclic) bond motifs is 1. The van der Waals surface area contributed by atoms with E-state index in [-0.39, 0.29) is 24.0 Å². The molecular weight excluding hydrogens is 494 g/mol. The maximum atomic E-state index is 12.2. The maximum absolute atomic E-state index is 12.2. The summed E-state index contributed by atoms with van der Waals surface area (Å²) >= 11 is 0. The first-order valence-corrected chi connectivity index (χ1v) is 13.6. The second-order valence-corrected chi connectivity index (χ2v) is 10.8. The van der Waals surface area contributed by atoms with Gasteiger partial charge in [-0.25, -0.2) is 14.2 Å². The lowest BCUT2D eigenvalue weighted by molar-refractivity contribution is -0.133. The van der Waals surface area contributed by atoms with Crippen molar-refractivity contribution in [2.24, 2.45) is 0 Å². The van der Waals surface area contributed by atoms with E-state index in [0.29, 0.717) is 19.0 Å². The van der Waals surface area contributed by atoms with Gasteiger partial charge in [0, 0.05) is 62.1 Å². The zero-order chi connectivity index (χ0) is 27.3. The number of nitrogens with zero attached hydrogens (tertiary/aromatic N) is 8. The van der Waals surface area contributed by atoms with Crippen LogP contribution >= 0.6 is 0 Å². The molecule has 2 atom stereocenters. The van der Waals surface area contributed by atoms with E-state index in [0.717, 1.165) is 65.2 Å². The van der Waals surface area contributed by atoms with E-state index >= 15 is 0 Å². The fourth-order valence-corrected chi connectivity index (χ4v) is 6.35. The quantitative estimate of drug-likeness (QED) is 0.428. The molecular formula is C28H35N9O2. The van der Waals surface area contributed by atoms with Gasteiger partial charge in [-0.05, 0) is 63.4 Å². The van der Waals surface area contributed by atoms with Gasteiger partial charge in [0.15, 0.2) is 5.82 Å². The van der Waals surface area contributed by atoms with E-state index < -0.39 is 0 Å². The summed E-state index contributed by atoms with van der Waals surface area (Å²) in [5.74, 6) is 0.528. The third kappa shape index (κ3) is 4.50. The van der Waals surface area contributed by atoms with Crippen LogP contribution in [-0.2, 0) is 9.53 Å². The Bertz CT molecular complexity index is 1510. The summed E-state index contributed by atoms with van der Waals surface area (Å²) < 4.78 is 9.43. The van der Waals surface area contributed by atoms with Gasteiger partial charge in [-0.1, -0.05) is 5.21 Å². The number of aryl methyl sites for hydroxylation is 1. The van der Waals surface area contributed by atoms with E-state index in [4.69, 9.17) is 10.5 Å². The Hall–Kier alpha value is -3.99. The van der Waals surface area contributed by atoms with Crippen molar-refractivity contribution in [3.63, 3.8) is 0 Å². The van der Waals surface area contributed by atoms with Gasteiger partial charge >= 0.3 is 0 Å². The number of hydrogen-bond donors (Lipinski definition) is 1. The van der Waals surface area contributed by atoms with E-state index in [1.165, 1.54) is 6.33 Å². The summed E-state index contributed by atoms with van der Waals surface area (Å²) in [6.45, 7) is 11.0. The van der Waals surface area contributed by atoms with Crippen LogP contribution < -0.4 is 10.6 Å². The lowest BCUT2D eigenvalue weighted by Gasteiger charge is -2.45. The summed E-state index contributed by atoms with van der Waals surface area (Å²) in [6.07, 6.45) is 5.05. The summed E-state index contributed by atoms with van der Waals surface area (Å²) in [7, 11) is 0. The third-order valence-electron chi connectivity index (χ3n) is 7.98. The first-order chi connectivity index (χ1) is 18.8. The van der Waals surface area contributed by atoms with Crippen LogP contribution in [-0.4, -0.2) is 78.8 Å². The number of nitrogens with two attached hydrogens (primary N) is 1. The number of nitrogen functional groups attached to an aromatic ring is 1. The highest BCUT2D eigenvalue weighted by Crippen LogP contribution is 2.38. The van der Waals surface area contributed by atoms with Crippen LogP contribution in [0.3, 0.4) is 0 Å². The Morgan fingerprint density at radius 1 is 1.05 bits per heavy atom. The van der Waals surface area contributed by atoms with Crippen molar-refractivity contribution in [3.05, 3.63) is 42.4 Å². The smallest absolute Gasteiger partial charge is 0.220 e. The molecule has 2 aliphatic heterocycles. The molecule has 11 heteroatoms. The molecule has 0 bridgehead atoms. The highest BCUT2D eigenvalue weighted by atomic mass is 16.5. The van der Waals surface area contributed by atoms with Crippen LogP contribution in [0.2, 0.25) is 0 Å². The molecule has 0 radical (unpaired) electrons. The van der Waals surface area contributed by atoms with Gasteiger partial charge in [0.05, 0.1) is 23.6 Å². The van der Waals surface area contributed by atoms with Gasteiger partial charge in [0.25, 0.3) is 0 Å². The van der Waals surface area contributed by atoms with Gasteiger partial charge in [0.1, 0.15) is 11.8 Å². The molecule has 11 nitrogen and oxygen atoms in total. The number of anilines is 2. The van der Waals surface area contributed by atoms with Gasteiger partial charge in [-0.2, -0.15) is 5.10 Å². The van der Waals surface area contributed by atoms with Crippen molar-refractivity contribution >= 4 is 22.9 Å². The van der Waals surface area contributed by atoms with Crippen LogP contribution in [0.5, 0.6) is 0 Å². The summed E-state index contributed by atoms with van der Waals surface area (Å²) in [5, 5.41) is 13.3. The molecule has 4 aromatic rings. The molecule has 204 valence electrons. The average Bonchev–Trinajstić information content (AvgIpc) is 3.54. The van der Waals surface area contributed by atoms with Gasteiger partial charge in [-0.3, -0.25) is 4.79 Å². The van der Waals surface area contributed by atoms with Gasteiger partial charge in [0.2, 0.25) is 5.91 Å². The molecule has 5 heterocycles. The summed E-state index contributed by atoms with van der Waals surface area (Å²) in [4.78, 5) is 20.9.